The van der Waals surface area contributed by atoms with Gasteiger partial charge in [0, 0.05) is 11.6 Å². The van der Waals surface area contributed by atoms with Gasteiger partial charge in [0.25, 0.3) is 0 Å². The van der Waals surface area contributed by atoms with Gasteiger partial charge in [-0.3, -0.25) is 4.79 Å². The van der Waals surface area contributed by atoms with Crippen LogP contribution in [0.3, 0.4) is 0 Å². The fourth-order valence-corrected chi connectivity index (χ4v) is 1.47. The van der Waals surface area contributed by atoms with Crippen LogP contribution in [0.1, 0.15) is 11.5 Å². The van der Waals surface area contributed by atoms with Crippen LogP contribution in [0.4, 0.5) is 0 Å². The summed E-state index contributed by atoms with van der Waals surface area (Å²) in [5.74, 6) is -1.39. The Labute approximate surface area is 87.7 Å². The first-order valence-corrected chi connectivity index (χ1v) is 4.66. The van der Waals surface area contributed by atoms with E-state index < -0.39 is 11.9 Å². The molecule has 1 aromatic rings. The standard InChI is InChI=1S/C10H12ClNO2/c1-12-6-9(10(13)14)7-3-2-4-8(11)5-7/h2-5,9,12H,6H2,1H3,(H,13,14). The summed E-state index contributed by atoms with van der Waals surface area (Å²) < 4.78 is 0. The van der Waals surface area contributed by atoms with E-state index in [0.29, 0.717) is 11.6 Å². The lowest BCUT2D eigenvalue weighted by Gasteiger charge is -2.11. The van der Waals surface area contributed by atoms with Gasteiger partial charge >= 0.3 is 5.97 Å². The number of hydrogen-bond acceptors (Lipinski definition) is 2. The van der Waals surface area contributed by atoms with Crippen molar-refractivity contribution < 1.29 is 9.90 Å². The maximum atomic E-state index is 10.9. The third-order valence-corrected chi connectivity index (χ3v) is 2.19. The SMILES string of the molecule is CNCC(C(=O)O)c1cccc(Cl)c1. The zero-order valence-electron chi connectivity index (χ0n) is 7.83. The molecule has 0 aromatic heterocycles. The summed E-state index contributed by atoms with van der Waals surface area (Å²) in [7, 11) is 1.72. The van der Waals surface area contributed by atoms with Crippen molar-refractivity contribution in [3.8, 4) is 0 Å². The molecule has 0 amide bonds. The third kappa shape index (κ3) is 2.72. The Hall–Kier alpha value is -1.06. The number of carbonyl (C=O) groups is 1. The molecule has 0 saturated heterocycles. The maximum absolute atomic E-state index is 10.9. The summed E-state index contributed by atoms with van der Waals surface area (Å²) in [4.78, 5) is 10.9. The lowest BCUT2D eigenvalue weighted by Crippen LogP contribution is -2.23. The van der Waals surface area contributed by atoms with Crippen molar-refractivity contribution in [2.45, 2.75) is 5.92 Å². The van der Waals surface area contributed by atoms with E-state index in [9.17, 15) is 4.79 Å². The highest BCUT2D eigenvalue weighted by Crippen LogP contribution is 2.19. The molecule has 1 aromatic carbocycles. The third-order valence-electron chi connectivity index (χ3n) is 1.96. The normalized spacial score (nSPS) is 12.4. The van der Waals surface area contributed by atoms with E-state index >= 15 is 0 Å². The topological polar surface area (TPSA) is 49.3 Å². The van der Waals surface area contributed by atoms with Crippen LogP contribution in [-0.4, -0.2) is 24.7 Å². The van der Waals surface area contributed by atoms with Crippen LogP contribution in [0.2, 0.25) is 5.02 Å². The molecule has 76 valence electrons. The fraction of sp³-hybridized carbons (Fsp3) is 0.300. The smallest absolute Gasteiger partial charge is 0.312 e. The van der Waals surface area contributed by atoms with Gasteiger partial charge in [0.2, 0.25) is 0 Å². The number of rotatable bonds is 4. The number of nitrogens with one attached hydrogen (secondary N) is 1. The lowest BCUT2D eigenvalue weighted by atomic mass is 9.99. The van der Waals surface area contributed by atoms with Gasteiger partial charge in [-0.15, -0.1) is 0 Å². The molecule has 2 N–H and O–H groups in total. The number of benzene rings is 1. The maximum Gasteiger partial charge on any atom is 0.312 e. The van der Waals surface area contributed by atoms with E-state index in [4.69, 9.17) is 16.7 Å². The van der Waals surface area contributed by atoms with E-state index in [0.717, 1.165) is 5.56 Å². The van der Waals surface area contributed by atoms with Crippen molar-refractivity contribution in [2.75, 3.05) is 13.6 Å². The molecule has 4 heteroatoms. The summed E-state index contributed by atoms with van der Waals surface area (Å²) in [6.45, 7) is 0.398. The van der Waals surface area contributed by atoms with E-state index in [1.165, 1.54) is 0 Å². The predicted molar refractivity (Wildman–Crippen MR) is 55.8 cm³/mol. The first-order chi connectivity index (χ1) is 6.65. The number of carboxylic acid groups (broad SMARTS) is 1. The minimum atomic E-state index is -0.846. The quantitative estimate of drug-likeness (QED) is 0.801. The molecule has 0 radical (unpaired) electrons. The van der Waals surface area contributed by atoms with Crippen molar-refractivity contribution in [2.24, 2.45) is 0 Å². The van der Waals surface area contributed by atoms with Gasteiger partial charge in [-0.1, -0.05) is 23.7 Å². The molecule has 0 saturated carbocycles. The Bertz CT molecular complexity index is 328. The van der Waals surface area contributed by atoms with Gasteiger partial charge in [0.15, 0.2) is 0 Å². The van der Waals surface area contributed by atoms with Gasteiger partial charge < -0.3 is 10.4 Å². The Kier molecular flexibility index (Phi) is 3.92. The summed E-state index contributed by atoms with van der Waals surface area (Å²) in [5, 5.41) is 12.4. The number of aliphatic carboxylic acids is 1. The largest absolute Gasteiger partial charge is 0.481 e. The summed E-state index contributed by atoms with van der Waals surface area (Å²) in [6, 6.07) is 6.92. The van der Waals surface area contributed by atoms with E-state index in [1.807, 2.05) is 0 Å². The summed E-state index contributed by atoms with van der Waals surface area (Å²) in [5.41, 5.74) is 0.722. The number of halogens is 1. The second kappa shape index (κ2) is 4.98. The first kappa shape index (κ1) is 11.0. The molecule has 0 spiro atoms. The minimum absolute atomic E-state index is 0.398. The molecule has 0 aliphatic carbocycles. The average molecular weight is 214 g/mol. The molecular formula is C10H12ClNO2. The molecule has 0 bridgehead atoms. The highest BCUT2D eigenvalue weighted by molar-refractivity contribution is 6.30. The minimum Gasteiger partial charge on any atom is -0.481 e. The predicted octanol–water partition coefficient (Wildman–Crippen LogP) is 1.73. The van der Waals surface area contributed by atoms with Crippen LogP contribution < -0.4 is 5.32 Å². The fourth-order valence-electron chi connectivity index (χ4n) is 1.28. The van der Waals surface area contributed by atoms with Crippen LogP contribution in [0.25, 0.3) is 0 Å². The first-order valence-electron chi connectivity index (χ1n) is 4.28. The van der Waals surface area contributed by atoms with E-state index in [1.54, 1.807) is 31.3 Å². The molecule has 1 unspecified atom stereocenters. The zero-order chi connectivity index (χ0) is 10.6. The van der Waals surface area contributed by atoms with Crippen molar-refractivity contribution in [3.63, 3.8) is 0 Å². The van der Waals surface area contributed by atoms with Crippen molar-refractivity contribution in [3.05, 3.63) is 34.9 Å². The summed E-state index contributed by atoms with van der Waals surface area (Å²) >= 11 is 5.78. The van der Waals surface area contributed by atoms with Crippen molar-refractivity contribution in [1.82, 2.24) is 5.32 Å². The number of likely N-dealkylation sites (N-methyl/N-ethyl adjacent to an activating group) is 1. The van der Waals surface area contributed by atoms with Crippen LogP contribution in [-0.2, 0) is 4.79 Å². The van der Waals surface area contributed by atoms with Crippen LogP contribution >= 0.6 is 11.6 Å². The second-order valence-electron chi connectivity index (χ2n) is 3.00. The van der Waals surface area contributed by atoms with E-state index in [2.05, 4.69) is 5.32 Å². The van der Waals surface area contributed by atoms with Crippen LogP contribution in [0, 0.1) is 0 Å². The molecule has 14 heavy (non-hydrogen) atoms. The van der Waals surface area contributed by atoms with Gasteiger partial charge in [-0.05, 0) is 24.7 Å². The highest BCUT2D eigenvalue weighted by Gasteiger charge is 2.18. The molecule has 0 heterocycles. The van der Waals surface area contributed by atoms with Gasteiger partial charge in [-0.25, -0.2) is 0 Å². The van der Waals surface area contributed by atoms with Gasteiger partial charge in [0.1, 0.15) is 0 Å². The molecule has 3 nitrogen and oxygen atoms in total. The Morgan fingerprint density at radius 1 is 1.64 bits per heavy atom. The molecule has 0 aliphatic rings. The Balaban J connectivity index is 2.93. The van der Waals surface area contributed by atoms with Crippen molar-refractivity contribution >= 4 is 17.6 Å². The lowest BCUT2D eigenvalue weighted by molar-refractivity contribution is -0.138. The second-order valence-corrected chi connectivity index (χ2v) is 3.44. The van der Waals surface area contributed by atoms with Crippen LogP contribution in [0.5, 0.6) is 0 Å². The molecule has 0 aliphatic heterocycles. The monoisotopic (exact) mass is 213 g/mol. The molecule has 1 rings (SSSR count). The highest BCUT2D eigenvalue weighted by atomic mass is 35.5. The number of carboxylic acids is 1. The van der Waals surface area contributed by atoms with Crippen molar-refractivity contribution in [1.29, 1.82) is 0 Å². The zero-order valence-corrected chi connectivity index (χ0v) is 8.58. The van der Waals surface area contributed by atoms with Gasteiger partial charge in [-0.2, -0.15) is 0 Å². The van der Waals surface area contributed by atoms with Crippen LogP contribution in [0.15, 0.2) is 24.3 Å². The Morgan fingerprint density at radius 2 is 2.36 bits per heavy atom. The summed E-state index contributed by atoms with van der Waals surface area (Å²) in [6.07, 6.45) is 0. The van der Waals surface area contributed by atoms with Gasteiger partial charge in [0.05, 0.1) is 5.92 Å². The Morgan fingerprint density at radius 3 is 2.86 bits per heavy atom. The molecule has 1 atom stereocenters. The number of hydrogen-bond donors (Lipinski definition) is 2. The molecular weight excluding hydrogens is 202 g/mol. The molecule has 0 fully saturated rings. The van der Waals surface area contributed by atoms with E-state index in [-0.39, 0.29) is 0 Å². The average Bonchev–Trinajstić information content (AvgIpc) is 2.13.